The minimum atomic E-state index is -0.397. The van der Waals surface area contributed by atoms with Crippen molar-refractivity contribution < 1.29 is 14.3 Å². The average Bonchev–Trinajstić information content (AvgIpc) is 2.26. The van der Waals surface area contributed by atoms with Gasteiger partial charge in [-0.15, -0.1) is 11.6 Å². The Bertz CT molecular complexity index is 295. The number of methoxy groups -OCH3 is 1. The number of alkyl halides is 1. The van der Waals surface area contributed by atoms with Gasteiger partial charge in [0.15, 0.2) is 6.61 Å². The average molecular weight is 215 g/mol. The SMILES string of the molecule is COC(=O)COc1ccc(CCl)cc1. The van der Waals surface area contributed by atoms with E-state index in [0.29, 0.717) is 11.6 Å². The van der Waals surface area contributed by atoms with Crippen LogP contribution in [0.15, 0.2) is 24.3 Å². The number of halogens is 1. The van der Waals surface area contributed by atoms with E-state index in [1.807, 2.05) is 12.1 Å². The van der Waals surface area contributed by atoms with E-state index in [4.69, 9.17) is 16.3 Å². The monoisotopic (exact) mass is 214 g/mol. The third kappa shape index (κ3) is 3.26. The van der Waals surface area contributed by atoms with Gasteiger partial charge in [-0.25, -0.2) is 4.79 Å². The Morgan fingerprint density at radius 3 is 2.50 bits per heavy atom. The standard InChI is InChI=1S/C10H11ClO3/c1-13-10(12)7-14-9-4-2-8(6-11)3-5-9/h2-5H,6-7H2,1H3. The summed E-state index contributed by atoms with van der Waals surface area (Å²) in [5.41, 5.74) is 1.01. The highest BCUT2D eigenvalue weighted by Crippen LogP contribution is 2.13. The van der Waals surface area contributed by atoms with Crippen LogP contribution in [0, 0.1) is 0 Å². The van der Waals surface area contributed by atoms with Crippen molar-refractivity contribution in [1.82, 2.24) is 0 Å². The Labute approximate surface area is 87.6 Å². The second kappa shape index (κ2) is 5.50. The van der Waals surface area contributed by atoms with E-state index in [9.17, 15) is 4.79 Å². The van der Waals surface area contributed by atoms with Crippen molar-refractivity contribution in [2.75, 3.05) is 13.7 Å². The summed E-state index contributed by atoms with van der Waals surface area (Å²) in [4.78, 5) is 10.7. The molecule has 1 aromatic carbocycles. The lowest BCUT2D eigenvalue weighted by Crippen LogP contribution is -2.12. The summed E-state index contributed by atoms with van der Waals surface area (Å²) in [5, 5.41) is 0. The van der Waals surface area contributed by atoms with Crippen molar-refractivity contribution >= 4 is 17.6 Å². The lowest BCUT2D eigenvalue weighted by molar-refractivity contribution is -0.142. The van der Waals surface area contributed by atoms with Crippen LogP contribution in [-0.4, -0.2) is 19.7 Å². The maximum atomic E-state index is 10.7. The third-order valence-electron chi connectivity index (χ3n) is 1.66. The normalized spacial score (nSPS) is 9.57. The number of benzene rings is 1. The maximum Gasteiger partial charge on any atom is 0.343 e. The van der Waals surface area contributed by atoms with E-state index in [2.05, 4.69) is 4.74 Å². The third-order valence-corrected chi connectivity index (χ3v) is 1.97. The van der Waals surface area contributed by atoms with Gasteiger partial charge < -0.3 is 9.47 Å². The van der Waals surface area contributed by atoms with Gasteiger partial charge in [-0.05, 0) is 17.7 Å². The molecule has 0 unspecified atom stereocenters. The van der Waals surface area contributed by atoms with E-state index in [-0.39, 0.29) is 6.61 Å². The summed E-state index contributed by atoms with van der Waals surface area (Å²) in [5.74, 6) is 0.702. The van der Waals surface area contributed by atoms with Crippen LogP contribution in [0.3, 0.4) is 0 Å². The van der Waals surface area contributed by atoms with Crippen molar-refractivity contribution in [2.45, 2.75) is 5.88 Å². The number of hydrogen-bond donors (Lipinski definition) is 0. The van der Waals surface area contributed by atoms with E-state index < -0.39 is 5.97 Å². The second-order valence-corrected chi connectivity index (χ2v) is 2.91. The number of carbonyl (C=O) groups excluding carboxylic acids is 1. The predicted octanol–water partition coefficient (Wildman–Crippen LogP) is 1.98. The molecule has 14 heavy (non-hydrogen) atoms. The number of esters is 1. The zero-order valence-corrected chi connectivity index (χ0v) is 8.58. The summed E-state index contributed by atoms with van der Waals surface area (Å²) in [6, 6.07) is 7.22. The van der Waals surface area contributed by atoms with Crippen LogP contribution < -0.4 is 4.74 Å². The molecule has 0 radical (unpaired) electrons. The molecule has 0 heterocycles. The molecule has 1 rings (SSSR count). The van der Waals surface area contributed by atoms with Crippen LogP contribution in [0.5, 0.6) is 5.75 Å². The quantitative estimate of drug-likeness (QED) is 0.568. The molecule has 0 N–H and O–H groups in total. The van der Waals surface area contributed by atoms with E-state index in [1.54, 1.807) is 12.1 Å². The topological polar surface area (TPSA) is 35.5 Å². The van der Waals surface area contributed by atoms with Crippen molar-refractivity contribution in [3.8, 4) is 5.75 Å². The Kier molecular flexibility index (Phi) is 4.26. The lowest BCUT2D eigenvalue weighted by Gasteiger charge is -2.04. The van der Waals surface area contributed by atoms with Gasteiger partial charge in [0.1, 0.15) is 5.75 Å². The number of carbonyl (C=O) groups is 1. The molecule has 0 atom stereocenters. The van der Waals surface area contributed by atoms with Gasteiger partial charge in [0.25, 0.3) is 0 Å². The molecule has 0 aliphatic carbocycles. The van der Waals surface area contributed by atoms with Gasteiger partial charge in [0.05, 0.1) is 7.11 Å². The molecule has 1 aromatic rings. The molecular weight excluding hydrogens is 204 g/mol. The molecule has 0 aliphatic rings. The van der Waals surface area contributed by atoms with Gasteiger partial charge in [0.2, 0.25) is 0 Å². The zero-order valence-electron chi connectivity index (χ0n) is 7.83. The van der Waals surface area contributed by atoms with Gasteiger partial charge in [0, 0.05) is 5.88 Å². The van der Waals surface area contributed by atoms with E-state index >= 15 is 0 Å². The molecule has 3 nitrogen and oxygen atoms in total. The van der Waals surface area contributed by atoms with Gasteiger partial charge in [-0.1, -0.05) is 12.1 Å². The first-order valence-corrected chi connectivity index (χ1v) is 4.64. The molecule has 0 bridgehead atoms. The first kappa shape index (κ1) is 10.9. The molecule has 0 fully saturated rings. The molecular formula is C10H11ClO3. The Morgan fingerprint density at radius 1 is 1.36 bits per heavy atom. The van der Waals surface area contributed by atoms with Crippen molar-refractivity contribution in [2.24, 2.45) is 0 Å². The summed E-state index contributed by atoms with van der Waals surface area (Å²) >= 11 is 5.61. The highest BCUT2D eigenvalue weighted by Gasteiger charge is 2.00. The highest BCUT2D eigenvalue weighted by atomic mass is 35.5. The van der Waals surface area contributed by atoms with E-state index in [1.165, 1.54) is 7.11 Å². The van der Waals surface area contributed by atoms with Crippen LogP contribution >= 0.6 is 11.6 Å². The number of rotatable bonds is 4. The van der Waals surface area contributed by atoms with Crippen molar-refractivity contribution in [3.63, 3.8) is 0 Å². The fourth-order valence-corrected chi connectivity index (χ4v) is 1.05. The first-order valence-electron chi connectivity index (χ1n) is 4.11. The summed E-state index contributed by atoms with van der Waals surface area (Å²) in [6.07, 6.45) is 0. The summed E-state index contributed by atoms with van der Waals surface area (Å²) < 4.78 is 9.57. The molecule has 0 saturated carbocycles. The highest BCUT2D eigenvalue weighted by molar-refractivity contribution is 6.17. The minimum absolute atomic E-state index is 0.0727. The molecule has 0 aliphatic heterocycles. The molecule has 0 amide bonds. The second-order valence-electron chi connectivity index (χ2n) is 2.64. The predicted molar refractivity (Wildman–Crippen MR) is 53.5 cm³/mol. The van der Waals surface area contributed by atoms with Crippen LogP contribution in [0.1, 0.15) is 5.56 Å². The summed E-state index contributed by atoms with van der Waals surface area (Å²) in [7, 11) is 1.32. The lowest BCUT2D eigenvalue weighted by atomic mass is 10.2. The largest absolute Gasteiger partial charge is 0.482 e. The van der Waals surface area contributed by atoms with Crippen LogP contribution in [-0.2, 0) is 15.4 Å². The van der Waals surface area contributed by atoms with Gasteiger partial charge in [-0.3, -0.25) is 0 Å². The molecule has 0 aromatic heterocycles. The number of hydrogen-bond acceptors (Lipinski definition) is 3. The Balaban J connectivity index is 2.47. The van der Waals surface area contributed by atoms with Crippen molar-refractivity contribution in [3.05, 3.63) is 29.8 Å². The number of ether oxygens (including phenoxy) is 2. The fraction of sp³-hybridized carbons (Fsp3) is 0.300. The Hall–Kier alpha value is -1.22. The molecule has 4 heteroatoms. The van der Waals surface area contributed by atoms with Crippen LogP contribution in [0.2, 0.25) is 0 Å². The fourth-order valence-electron chi connectivity index (χ4n) is 0.876. The zero-order chi connectivity index (χ0) is 10.4. The molecule has 0 saturated heterocycles. The van der Waals surface area contributed by atoms with E-state index in [0.717, 1.165) is 5.56 Å². The smallest absolute Gasteiger partial charge is 0.343 e. The van der Waals surface area contributed by atoms with Gasteiger partial charge >= 0.3 is 5.97 Å². The summed E-state index contributed by atoms with van der Waals surface area (Å²) in [6.45, 7) is -0.0727. The molecule has 76 valence electrons. The maximum absolute atomic E-state index is 10.7. The minimum Gasteiger partial charge on any atom is -0.482 e. The van der Waals surface area contributed by atoms with Crippen molar-refractivity contribution in [1.29, 1.82) is 0 Å². The first-order chi connectivity index (χ1) is 6.76. The van der Waals surface area contributed by atoms with Crippen LogP contribution in [0.25, 0.3) is 0 Å². The van der Waals surface area contributed by atoms with Gasteiger partial charge in [-0.2, -0.15) is 0 Å². The molecule has 0 spiro atoms. The van der Waals surface area contributed by atoms with Crippen LogP contribution in [0.4, 0.5) is 0 Å². The Morgan fingerprint density at radius 2 is 2.00 bits per heavy atom.